The summed E-state index contributed by atoms with van der Waals surface area (Å²) >= 11 is 1.91. The molecule has 0 saturated carbocycles. The van der Waals surface area contributed by atoms with Crippen molar-refractivity contribution in [2.45, 2.75) is 17.3 Å². The fourth-order valence-corrected chi connectivity index (χ4v) is 4.65. The van der Waals surface area contributed by atoms with Gasteiger partial charge in [-0.15, -0.1) is 11.8 Å². The minimum Gasteiger partial charge on any atom is -0.473 e. The molecule has 0 aromatic carbocycles. The summed E-state index contributed by atoms with van der Waals surface area (Å²) in [6.07, 6.45) is 4.52. The molecule has 0 unspecified atom stereocenters. The van der Waals surface area contributed by atoms with Crippen molar-refractivity contribution in [3.8, 4) is 5.88 Å². The molecule has 0 N–H and O–H groups in total. The third-order valence-corrected chi connectivity index (χ3v) is 5.81. The number of amides is 1. The van der Waals surface area contributed by atoms with E-state index in [1.54, 1.807) is 18.5 Å². The van der Waals surface area contributed by atoms with Crippen LogP contribution in [0.2, 0.25) is 0 Å². The molecule has 0 radical (unpaired) electrons. The normalized spacial score (nSPS) is 21.9. The van der Waals surface area contributed by atoms with Crippen LogP contribution in [0.5, 0.6) is 5.88 Å². The Morgan fingerprint density at radius 2 is 1.96 bits per heavy atom. The molecule has 118 valence electrons. The van der Waals surface area contributed by atoms with Gasteiger partial charge in [0.05, 0.1) is 4.75 Å². The number of likely N-dealkylation sites (tertiary alicyclic amines) is 1. The number of rotatable bonds is 3. The molecule has 2 aliphatic rings. The van der Waals surface area contributed by atoms with Crippen LogP contribution in [0, 0.1) is 0 Å². The van der Waals surface area contributed by atoms with Crippen LogP contribution < -0.4 is 4.74 Å². The van der Waals surface area contributed by atoms with E-state index in [2.05, 4.69) is 9.97 Å². The molecule has 1 amide bonds. The summed E-state index contributed by atoms with van der Waals surface area (Å²) in [5, 5.41) is 0. The Kier molecular flexibility index (Phi) is 3.69. The van der Waals surface area contributed by atoms with Gasteiger partial charge in [-0.3, -0.25) is 9.78 Å². The van der Waals surface area contributed by atoms with E-state index >= 15 is 0 Å². The van der Waals surface area contributed by atoms with Crippen LogP contribution in [0.1, 0.15) is 16.9 Å². The van der Waals surface area contributed by atoms with E-state index in [1.807, 2.05) is 47.0 Å². The number of hydrogen-bond donors (Lipinski definition) is 0. The van der Waals surface area contributed by atoms with Gasteiger partial charge >= 0.3 is 0 Å². The molecule has 2 aromatic heterocycles. The molecule has 2 fully saturated rings. The van der Waals surface area contributed by atoms with Crippen molar-refractivity contribution in [3.63, 3.8) is 0 Å². The van der Waals surface area contributed by atoms with Crippen molar-refractivity contribution in [2.75, 3.05) is 18.8 Å². The van der Waals surface area contributed by atoms with Gasteiger partial charge in [-0.2, -0.15) is 0 Å². The minimum atomic E-state index is 0.0194. The van der Waals surface area contributed by atoms with Gasteiger partial charge in [0.1, 0.15) is 11.8 Å². The number of ether oxygens (including phenoxy) is 1. The second kappa shape index (κ2) is 5.85. The summed E-state index contributed by atoms with van der Waals surface area (Å²) < 4.78 is 6.08. The first-order chi connectivity index (χ1) is 11.2. The Morgan fingerprint density at radius 3 is 2.65 bits per heavy atom. The average Bonchev–Trinajstić information content (AvgIpc) is 2.99. The molecule has 1 spiro atoms. The first-order valence-electron chi connectivity index (χ1n) is 7.66. The predicted molar refractivity (Wildman–Crippen MR) is 88.6 cm³/mol. The second-order valence-electron chi connectivity index (χ2n) is 5.98. The van der Waals surface area contributed by atoms with Gasteiger partial charge in [-0.1, -0.05) is 12.1 Å². The Hall–Kier alpha value is -2.08. The third-order valence-electron chi connectivity index (χ3n) is 4.23. The molecule has 4 heterocycles. The van der Waals surface area contributed by atoms with Gasteiger partial charge in [-0.25, -0.2) is 4.98 Å². The Morgan fingerprint density at radius 1 is 1.17 bits per heavy atom. The maximum Gasteiger partial charge on any atom is 0.272 e. The zero-order valence-electron chi connectivity index (χ0n) is 12.6. The van der Waals surface area contributed by atoms with Crippen molar-refractivity contribution in [1.82, 2.24) is 14.9 Å². The maximum atomic E-state index is 12.4. The first-order valence-corrected chi connectivity index (χ1v) is 8.65. The number of nitrogens with zero attached hydrogens (tertiary/aromatic N) is 3. The van der Waals surface area contributed by atoms with Crippen LogP contribution in [-0.4, -0.2) is 50.5 Å². The van der Waals surface area contributed by atoms with Crippen LogP contribution in [-0.2, 0) is 0 Å². The molecule has 5 nitrogen and oxygen atoms in total. The standard InChI is InChI=1S/C17H17N3O2S/c21-16(14-5-1-3-7-18-14)20-11-17(12-20)9-13(10-23-17)22-15-6-2-4-8-19-15/h1-8,13H,9-12H2/t13-/m0/s1. The third kappa shape index (κ3) is 2.91. The Balaban J connectivity index is 1.34. The van der Waals surface area contributed by atoms with Gasteiger partial charge in [0.25, 0.3) is 5.91 Å². The van der Waals surface area contributed by atoms with Gasteiger partial charge in [0, 0.05) is 43.7 Å². The molecule has 1 atom stereocenters. The lowest BCUT2D eigenvalue weighted by Gasteiger charge is -2.47. The molecule has 2 aliphatic heterocycles. The number of hydrogen-bond acceptors (Lipinski definition) is 5. The predicted octanol–water partition coefficient (Wildman–Crippen LogP) is 2.26. The minimum absolute atomic E-state index is 0.0194. The molecule has 0 aliphatic carbocycles. The quantitative estimate of drug-likeness (QED) is 0.865. The van der Waals surface area contributed by atoms with Crippen LogP contribution in [0.4, 0.5) is 0 Å². The number of carbonyl (C=O) groups excluding carboxylic acids is 1. The smallest absolute Gasteiger partial charge is 0.272 e. The highest BCUT2D eigenvalue weighted by Crippen LogP contribution is 2.46. The second-order valence-corrected chi connectivity index (χ2v) is 7.47. The van der Waals surface area contributed by atoms with Gasteiger partial charge in [-0.05, 0) is 18.2 Å². The average molecular weight is 327 g/mol. The van der Waals surface area contributed by atoms with E-state index < -0.39 is 0 Å². The maximum absolute atomic E-state index is 12.4. The highest BCUT2D eigenvalue weighted by molar-refractivity contribution is 8.01. The number of thioether (sulfide) groups is 1. The monoisotopic (exact) mass is 327 g/mol. The molecule has 4 rings (SSSR count). The number of carbonyl (C=O) groups is 1. The molecular formula is C17H17N3O2S. The van der Waals surface area contributed by atoms with Crippen LogP contribution in [0.25, 0.3) is 0 Å². The van der Waals surface area contributed by atoms with Gasteiger partial charge in [0.15, 0.2) is 0 Å². The Bertz CT molecular complexity index is 689. The van der Waals surface area contributed by atoms with E-state index in [0.717, 1.165) is 25.3 Å². The molecule has 6 heteroatoms. The summed E-state index contributed by atoms with van der Waals surface area (Å²) in [6, 6.07) is 11.1. The lowest BCUT2D eigenvalue weighted by molar-refractivity contribution is 0.0510. The summed E-state index contributed by atoms with van der Waals surface area (Å²) in [6.45, 7) is 1.55. The van der Waals surface area contributed by atoms with E-state index in [-0.39, 0.29) is 16.8 Å². The SMILES string of the molecule is O=C(c1ccccn1)N1CC2(C[C@H](Oc3ccccn3)CS2)C1. The largest absolute Gasteiger partial charge is 0.473 e. The van der Waals surface area contributed by atoms with Crippen molar-refractivity contribution < 1.29 is 9.53 Å². The van der Waals surface area contributed by atoms with Crippen molar-refractivity contribution in [2.24, 2.45) is 0 Å². The first kappa shape index (κ1) is 14.5. The summed E-state index contributed by atoms with van der Waals surface area (Å²) in [5.74, 6) is 1.64. The lowest BCUT2D eigenvalue weighted by Crippen LogP contribution is -2.60. The summed E-state index contributed by atoms with van der Waals surface area (Å²) in [4.78, 5) is 22.6. The van der Waals surface area contributed by atoms with Crippen molar-refractivity contribution in [3.05, 3.63) is 54.5 Å². The van der Waals surface area contributed by atoms with E-state index in [9.17, 15) is 4.79 Å². The van der Waals surface area contributed by atoms with Gasteiger partial charge in [0.2, 0.25) is 5.88 Å². The molecule has 2 aromatic rings. The molecule has 23 heavy (non-hydrogen) atoms. The number of aromatic nitrogens is 2. The number of pyridine rings is 2. The van der Waals surface area contributed by atoms with Crippen LogP contribution >= 0.6 is 11.8 Å². The summed E-state index contributed by atoms with van der Waals surface area (Å²) in [7, 11) is 0. The van der Waals surface area contributed by atoms with Crippen LogP contribution in [0.15, 0.2) is 48.8 Å². The summed E-state index contributed by atoms with van der Waals surface area (Å²) in [5.41, 5.74) is 0.520. The molecular weight excluding hydrogens is 310 g/mol. The fourth-order valence-electron chi connectivity index (χ4n) is 3.13. The fraction of sp³-hybridized carbons (Fsp3) is 0.353. The van der Waals surface area contributed by atoms with E-state index in [1.165, 1.54) is 0 Å². The molecule has 2 saturated heterocycles. The molecule has 0 bridgehead atoms. The Labute approximate surface area is 139 Å². The zero-order valence-corrected chi connectivity index (χ0v) is 13.4. The van der Waals surface area contributed by atoms with Crippen molar-refractivity contribution in [1.29, 1.82) is 0 Å². The van der Waals surface area contributed by atoms with E-state index in [0.29, 0.717) is 11.6 Å². The van der Waals surface area contributed by atoms with Crippen molar-refractivity contribution >= 4 is 17.7 Å². The van der Waals surface area contributed by atoms with Crippen LogP contribution in [0.3, 0.4) is 0 Å². The highest BCUT2D eigenvalue weighted by Gasteiger charge is 2.51. The zero-order chi connectivity index (χ0) is 15.7. The highest BCUT2D eigenvalue weighted by atomic mass is 32.2. The lowest BCUT2D eigenvalue weighted by atomic mass is 9.92. The topological polar surface area (TPSA) is 55.3 Å². The van der Waals surface area contributed by atoms with Gasteiger partial charge < -0.3 is 9.64 Å². The van der Waals surface area contributed by atoms with E-state index in [4.69, 9.17) is 4.74 Å².